The minimum atomic E-state index is -4.47. The lowest BCUT2D eigenvalue weighted by atomic mass is 10.1. The van der Waals surface area contributed by atoms with E-state index in [4.69, 9.17) is 4.74 Å². The Labute approximate surface area is 125 Å². The fourth-order valence-corrected chi connectivity index (χ4v) is 2.44. The molecule has 0 aromatic carbocycles. The quantitative estimate of drug-likeness (QED) is 0.838. The van der Waals surface area contributed by atoms with Crippen molar-refractivity contribution in [3.63, 3.8) is 0 Å². The number of ether oxygens (including phenoxy) is 1. The number of hydrogen-bond acceptors (Lipinski definition) is 4. The molecule has 120 valence electrons. The number of carbonyl (C=O) groups is 1. The largest absolute Gasteiger partial charge is 0.416 e. The second-order valence-corrected chi connectivity index (χ2v) is 5.65. The molecule has 1 atom stereocenters. The molecule has 0 N–H and O–H groups in total. The van der Waals surface area contributed by atoms with Gasteiger partial charge in [0.15, 0.2) is 6.10 Å². The Morgan fingerprint density at radius 2 is 2.14 bits per heavy atom. The number of morpholine rings is 1. The molecule has 1 saturated heterocycles. The molecule has 2 aliphatic rings. The Bertz CT molecular complexity index is 587. The summed E-state index contributed by atoms with van der Waals surface area (Å²) in [5.41, 5.74) is 0.768. The van der Waals surface area contributed by atoms with Crippen molar-refractivity contribution in [1.82, 2.24) is 14.9 Å². The van der Waals surface area contributed by atoms with Crippen molar-refractivity contribution in [3.05, 3.63) is 23.3 Å². The van der Waals surface area contributed by atoms with Crippen LogP contribution in [0, 0.1) is 6.92 Å². The zero-order valence-electron chi connectivity index (χ0n) is 12.1. The van der Waals surface area contributed by atoms with E-state index in [-0.39, 0.29) is 18.7 Å². The number of halogens is 3. The molecule has 3 rings (SSSR count). The summed E-state index contributed by atoms with van der Waals surface area (Å²) in [4.78, 5) is 22.0. The zero-order valence-corrected chi connectivity index (χ0v) is 12.1. The topological polar surface area (TPSA) is 55.3 Å². The van der Waals surface area contributed by atoms with Crippen molar-refractivity contribution in [2.45, 2.75) is 38.0 Å². The number of nitrogens with zero attached hydrogens (tertiary/aromatic N) is 3. The highest BCUT2D eigenvalue weighted by atomic mass is 19.4. The van der Waals surface area contributed by atoms with E-state index in [1.807, 2.05) is 0 Å². The predicted molar refractivity (Wildman–Crippen MR) is 70.4 cm³/mol. The fraction of sp³-hybridized carbons (Fsp3) is 0.643. The number of aromatic nitrogens is 2. The van der Waals surface area contributed by atoms with E-state index in [0.717, 1.165) is 17.7 Å². The van der Waals surface area contributed by atoms with Crippen LogP contribution in [0.25, 0.3) is 0 Å². The SMILES string of the molecule is Cc1nc(C2CC2)ncc1C(=O)N1CCOC(C(F)(F)F)C1. The summed E-state index contributed by atoms with van der Waals surface area (Å²) in [7, 11) is 0. The molecule has 0 radical (unpaired) electrons. The van der Waals surface area contributed by atoms with Gasteiger partial charge in [-0.2, -0.15) is 13.2 Å². The minimum Gasteiger partial charge on any atom is -0.365 e. The maximum absolute atomic E-state index is 12.7. The van der Waals surface area contributed by atoms with E-state index in [1.54, 1.807) is 6.92 Å². The van der Waals surface area contributed by atoms with E-state index < -0.39 is 24.7 Å². The minimum absolute atomic E-state index is 0.129. The average molecular weight is 315 g/mol. The van der Waals surface area contributed by atoms with E-state index in [1.165, 1.54) is 6.20 Å². The van der Waals surface area contributed by atoms with Crippen LogP contribution >= 0.6 is 0 Å². The van der Waals surface area contributed by atoms with Crippen LogP contribution in [0.15, 0.2) is 6.20 Å². The molecule has 8 heteroatoms. The third-order valence-corrected chi connectivity index (χ3v) is 3.89. The maximum Gasteiger partial charge on any atom is 0.416 e. The second-order valence-electron chi connectivity index (χ2n) is 5.65. The molecule has 1 aromatic rings. The van der Waals surface area contributed by atoms with Gasteiger partial charge in [-0.05, 0) is 19.8 Å². The van der Waals surface area contributed by atoms with Crippen molar-refractivity contribution in [1.29, 1.82) is 0 Å². The number of hydrogen-bond donors (Lipinski definition) is 0. The molecule has 22 heavy (non-hydrogen) atoms. The van der Waals surface area contributed by atoms with Gasteiger partial charge in [-0.15, -0.1) is 0 Å². The van der Waals surface area contributed by atoms with Gasteiger partial charge in [0.25, 0.3) is 5.91 Å². The number of rotatable bonds is 2. The van der Waals surface area contributed by atoms with Gasteiger partial charge in [0, 0.05) is 18.7 Å². The molecule has 0 spiro atoms. The third kappa shape index (κ3) is 3.06. The summed E-state index contributed by atoms with van der Waals surface area (Å²) in [6, 6.07) is 0. The Balaban J connectivity index is 1.75. The van der Waals surface area contributed by atoms with Crippen LogP contribution in [0.3, 0.4) is 0 Å². The summed E-state index contributed by atoms with van der Waals surface area (Å²) in [6.07, 6.45) is -2.89. The highest BCUT2D eigenvalue weighted by molar-refractivity contribution is 5.95. The molecule has 1 saturated carbocycles. The lowest BCUT2D eigenvalue weighted by molar-refractivity contribution is -0.233. The summed E-state index contributed by atoms with van der Waals surface area (Å²) in [5, 5.41) is 0. The Hall–Kier alpha value is -1.70. The smallest absolute Gasteiger partial charge is 0.365 e. The van der Waals surface area contributed by atoms with E-state index in [9.17, 15) is 18.0 Å². The highest BCUT2D eigenvalue weighted by Gasteiger charge is 2.44. The first-order valence-electron chi connectivity index (χ1n) is 7.17. The molecular formula is C14H16F3N3O2. The van der Waals surface area contributed by atoms with Crippen molar-refractivity contribution in [2.75, 3.05) is 19.7 Å². The van der Waals surface area contributed by atoms with Gasteiger partial charge in [-0.3, -0.25) is 4.79 Å². The van der Waals surface area contributed by atoms with Crippen LogP contribution < -0.4 is 0 Å². The van der Waals surface area contributed by atoms with Gasteiger partial charge in [0.05, 0.1) is 24.4 Å². The van der Waals surface area contributed by atoms with Gasteiger partial charge in [0.1, 0.15) is 5.82 Å². The number of alkyl halides is 3. The Kier molecular flexibility index (Phi) is 3.80. The molecule has 0 bridgehead atoms. The third-order valence-electron chi connectivity index (χ3n) is 3.89. The zero-order chi connectivity index (χ0) is 15.9. The van der Waals surface area contributed by atoms with Gasteiger partial charge in [-0.1, -0.05) is 0 Å². The van der Waals surface area contributed by atoms with E-state index >= 15 is 0 Å². The van der Waals surface area contributed by atoms with Crippen LogP contribution in [0.2, 0.25) is 0 Å². The molecular weight excluding hydrogens is 299 g/mol. The Morgan fingerprint density at radius 1 is 1.41 bits per heavy atom. The highest BCUT2D eigenvalue weighted by Crippen LogP contribution is 2.38. The molecule has 1 aliphatic heterocycles. The van der Waals surface area contributed by atoms with Crippen LogP contribution in [-0.4, -0.2) is 52.8 Å². The predicted octanol–water partition coefficient (Wildman–Crippen LogP) is 2.07. The first-order valence-corrected chi connectivity index (χ1v) is 7.17. The molecule has 1 aliphatic carbocycles. The van der Waals surface area contributed by atoms with Crippen LogP contribution in [0.1, 0.15) is 40.6 Å². The lowest BCUT2D eigenvalue weighted by Crippen LogP contribution is -2.51. The van der Waals surface area contributed by atoms with Gasteiger partial charge in [0.2, 0.25) is 0 Å². The molecule has 1 aromatic heterocycles. The molecule has 2 fully saturated rings. The molecule has 5 nitrogen and oxygen atoms in total. The van der Waals surface area contributed by atoms with Crippen molar-refractivity contribution in [3.8, 4) is 0 Å². The number of aryl methyl sites for hydroxylation is 1. The number of carbonyl (C=O) groups excluding carboxylic acids is 1. The molecule has 1 amide bonds. The van der Waals surface area contributed by atoms with E-state index in [2.05, 4.69) is 9.97 Å². The first-order chi connectivity index (χ1) is 10.4. The monoisotopic (exact) mass is 315 g/mol. The maximum atomic E-state index is 12.7. The lowest BCUT2D eigenvalue weighted by Gasteiger charge is -2.33. The van der Waals surface area contributed by atoms with Gasteiger partial charge in [-0.25, -0.2) is 9.97 Å². The van der Waals surface area contributed by atoms with Crippen LogP contribution in [-0.2, 0) is 4.74 Å². The number of amides is 1. The second kappa shape index (κ2) is 5.49. The van der Waals surface area contributed by atoms with Crippen LogP contribution in [0.4, 0.5) is 13.2 Å². The van der Waals surface area contributed by atoms with Crippen molar-refractivity contribution < 1.29 is 22.7 Å². The fourth-order valence-electron chi connectivity index (χ4n) is 2.44. The molecule has 1 unspecified atom stereocenters. The van der Waals surface area contributed by atoms with Gasteiger partial charge < -0.3 is 9.64 Å². The summed E-state index contributed by atoms with van der Waals surface area (Å²) < 4.78 is 42.9. The van der Waals surface area contributed by atoms with E-state index in [0.29, 0.717) is 17.4 Å². The van der Waals surface area contributed by atoms with Crippen LogP contribution in [0.5, 0.6) is 0 Å². The van der Waals surface area contributed by atoms with Crippen molar-refractivity contribution in [2.24, 2.45) is 0 Å². The normalized spacial score (nSPS) is 22.7. The van der Waals surface area contributed by atoms with Crippen molar-refractivity contribution >= 4 is 5.91 Å². The standard InChI is InChI=1S/C14H16F3N3O2/c1-8-10(6-18-12(19-8)9-2-3-9)13(21)20-4-5-22-11(7-20)14(15,16)17/h6,9,11H,2-5,7H2,1H3. The summed E-state index contributed by atoms with van der Waals surface area (Å²) >= 11 is 0. The first kappa shape index (κ1) is 15.2. The van der Waals surface area contributed by atoms with Gasteiger partial charge >= 0.3 is 6.18 Å². The Morgan fingerprint density at radius 3 is 2.73 bits per heavy atom. The average Bonchev–Trinajstić information content (AvgIpc) is 3.30. The summed E-state index contributed by atoms with van der Waals surface area (Å²) in [5.74, 6) is 0.599. The molecule has 2 heterocycles. The summed E-state index contributed by atoms with van der Waals surface area (Å²) in [6.45, 7) is 1.19.